The third-order valence-corrected chi connectivity index (χ3v) is 4.46. The topological polar surface area (TPSA) is 142 Å². The van der Waals surface area contributed by atoms with Crippen LogP contribution in [0.1, 0.15) is 17.5 Å². The van der Waals surface area contributed by atoms with Crippen molar-refractivity contribution in [3.05, 3.63) is 71.8 Å². The molecule has 0 saturated heterocycles. The first-order chi connectivity index (χ1) is 13.9. The summed E-state index contributed by atoms with van der Waals surface area (Å²) in [5, 5.41) is 24.0. The van der Waals surface area contributed by atoms with Gasteiger partial charge in [0.25, 0.3) is 0 Å². The summed E-state index contributed by atoms with van der Waals surface area (Å²) in [4.78, 5) is 35.5. The number of aliphatic hydroxyl groups excluding tert-OH is 1. The zero-order chi connectivity index (χ0) is 21.2. The van der Waals surface area contributed by atoms with Crippen LogP contribution >= 0.6 is 0 Å². The molecular weight excluding hydrogens is 374 g/mol. The lowest BCUT2D eigenvalue weighted by molar-refractivity contribution is -0.130. The molecule has 8 nitrogen and oxygen atoms in total. The van der Waals surface area contributed by atoms with E-state index in [0.29, 0.717) is 6.42 Å². The minimum absolute atomic E-state index is 0.155. The summed E-state index contributed by atoms with van der Waals surface area (Å²) >= 11 is 0. The summed E-state index contributed by atoms with van der Waals surface area (Å²) in [5.74, 6) is -1.57. The first-order valence-electron chi connectivity index (χ1n) is 9.22. The second-order valence-electron chi connectivity index (χ2n) is 6.67. The summed E-state index contributed by atoms with van der Waals surface area (Å²) in [6.45, 7) is 0. The highest BCUT2D eigenvalue weighted by molar-refractivity contribution is 5.91. The van der Waals surface area contributed by atoms with E-state index >= 15 is 0 Å². The van der Waals surface area contributed by atoms with Crippen LogP contribution in [0, 0.1) is 0 Å². The molecule has 2 rings (SSSR count). The average molecular weight is 399 g/mol. The van der Waals surface area contributed by atoms with E-state index < -0.39 is 36.1 Å². The number of primary amides is 1. The van der Waals surface area contributed by atoms with Crippen LogP contribution in [-0.4, -0.2) is 46.3 Å². The third-order valence-electron chi connectivity index (χ3n) is 4.46. The van der Waals surface area contributed by atoms with Crippen LogP contribution in [0.25, 0.3) is 0 Å². The molecule has 8 heteroatoms. The number of aliphatic hydroxyl groups is 1. The van der Waals surface area contributed by atoms with Gasteiger partial charge in [0.2, 0.25) is 11.8 Å². The van der Waals surface area contributed by atoms with Gasteiger partial charge in [0.05, 0.1) is 6.10 Å². The summed E-state index contributed by atoms with van der Waals surface area (Å²) in [6.07, 6.45) is -1.97. The molecule has 0 aliphatic carbocycles. The van der Waals surface area contributed by atoms with Crippen molar-refractivity contribution < 1.29 is 24.6 Å². The minimum Gasteiger partial charge on any atom is -0.465 e. The van der Waals surface area contributed by atoms with Crippen molar-refractivity contribution in [1.82, 2.24) is 10.6 Å². The molecule has 0 radical (unpaired) electrons. The first kappa shape index (κ1) is 21.9. The van der Waals surface area contributed by atoms with Crippen molar-refractivity contribution >= 4 is 17.9 Å². The Morgan fingerprint density at radius 2 is 1.45 bits per heavy atom. The van der Waals surface area contributed by atoms with Gasteiger partial charge in [0.1, 0.15) is 12.1 Å². The monoisotopic (exact) mass is 399 g/mol. The number of rotatable bonds is 10. The van der Waals surface area contributed by atoms with E-state index in [4.69, 9.17) is 10.8 Å². The lowest BCUT2D eigenvalue weighted by atomic mass is 10.00. The highest BCUT2D eigenvalue weighted by Crippen LogP contribution is 2.09. The van der Waals surface area contributed by atoms with Crippen LogP contribution in [0.5, 0.6) is 0 Å². The number of carboxylic acid groups (broad SMARTS) is 1. The molecule has 0 fully saturated rings. The molecule has 154 valence electrons. The number of benzene rings is 2. The van der Waals surface area contributed by atoms with Gasteiger partial charge in [-0.15, -0.1) is 0 Å². The normalized spacial score (nSPS) is 13.7. The van der Waals surface area contributed by atoms with E-state index in [1.165, 1.54) is 0 Å². The Morgan fingerprint density at radius 1 is 0.897 bits per heavy atom. The van der Waals surface area contributed by atoms with Gasteiger partial charge in [0, 0.05) is 6.42 Å². The van der Waals surface area contributed by atoms with Crippen molar-refractivity contribution in [1.29, 1.82) is 0 Å². The standard InChI is InChI=1S/C21H25N3O5/c22-19(26)16(13-15-9-5-2-6-10-15)23-20(27)18(24-21(28)29)17(25)12-11-14-7-3-1-4-8-14/h1-10,16-18,24-25H,11-13H2,(H2,22,26)(H,23,27)(H,28,29)/t16-,17+,18+/m1/s1. The molecule has 3 amide bonds. The second-order valence-corrected chi connectivity index (χ2v) is 6.67. The highest BCUT2D eigenvalue weighted by atomic mass is 16.4. The maximum atomic E-state index is 12.6. The molecule has 0 bridgehead atoms. The van der Waals surface area contributed by atoms with Crippen molar-refractivity contribution in [3.63, 3.8) is 0 Å². The molecule has 0 aliphatic heterocycles. The first-order valence-corrected chi connectivity index (χ1v) is 9.22. The van der Waals surface area contributed by atoms with Gasteiger partial charge in [-0.1, -0.05) is 60.7 Å². The number of hydrogen-bond donors (Lipinski definition) is 5. The van der Waals surface area contributed by atoms with Gasteiger partial charge < -0.3 is 26.6 Å². The molecule has 0 aliphatic rings. The molecule has 2 aromatic rings. The van der Waals surface area contributed by atoms with Gasteiger partial charge in [-0.05, 0) is 24.0 Å². The van der Waals surface area contributed by atoms with E-state index in [1.54, 1.807) is 24.3 Å². The molecule has 6 N–H and O–H groups in total. The lowest BCUT2D eigenvalue weighted by Gasteiger charge is -2.24. The molecule has 0 heterocycles. The number of carbonyl (C=O) groups excluding carboxylic acids is 2. The highest BCUT2D eigenvalue weighted by Gasteiger charge is 2.31. The summed E-state index contributed by atoms with van der Waals surface area (Å²) in [6, 6.07) is 15.8. The summed E-state index contributed by atoms with van der Waals surface area (Å²) < 4.78 is 0. The van der Waals surface area contributed by atoms with Crippen LogP contribution in [0.2, 0.25) is 0 Å². The molecule has 3 atom stereocenters. The Kier molecular flexibility index (Phi) is 8.17. The van der Waals surface area contributed by atoms with Gasteiger partial charge in [-0.25, -0.2) is 4.79 Å². The van der Waals surface area contributed by atoms with E-state index in [9.17, 15) is 19.5 Å². The van der Waals surface area contributed by atoms with Gasteiger partial charge >= 0.3 is 6.09 Å². The summed E-state index contributed by atoms with van der Waals surface area (Å²) in [7, 11) is 0. The van der Waals surface area contributed by atoms with Gasteiger partial charge in [0.15, 0.2) is 0 Å². The lowest BCUT2D eigenvalue weighted by Crippen LogP contribution is -2.57. The van der Waals surface area contributed by atoms with E-state index in [2.05, 4.69) is 5.32 Å². The fraction of sp³-hybridized carbons (Fsp3) is 0.286. The van der Waals surface area contributed by atoms with Crippen LogP contribution in [0.3, 0.4) is 0 Å². The number of aryl methyl sites for hydroxylation is 1. The predicted molar refractivity (Wildman–Crippen MR) is 107 cm³/mol. The quantitative estimate of drug-likeness (QED) is 0.402. The van der Waals surface area contributed by atoms with Crippen LogP contribution in [-0.2, 0) is 22.4 Å². The molecule has 0 saturated carbocycles. The van der Waals surface area contributed by atoms with Crippen molar-refractivity contribution in [2.24, 2.45) is 5.73 Å². The predicted octanol–water partition coefficient (Wildman–Crippen LogP) is 0.829. The van der Waals surface area contributed by atoms with E-state index in [0.717, 1.165) is 11.1 Å². The Bertz CT molecular complexity index is 814. The zero-order valence-corrected chi connectivity index (χ0v) is 15.8. The Morgan fingerprint density at radius 3 is 1.97 bits per heavy atom. The number of amides is 3. The Hall–Kier alpha value is -3.39. The second kappa shape index (κ2) is 10.8. The smallest absolute Gasteiger partial charge is 0.405 e. The maximum Gasteiger partial charge on any atom is 0.405 e. The summed E-state index contributed by atoms with van der Waals surface area (Å²) in [5.41, 5.74) is 7.12. The zero-order valence-electron chi connectivity index (χ0n) is 15.8. The molecule has 29 heavy (non-hydrogen) atoms. The SMILES string of the molecule is NC(=O)[C@@H](Cc1ccccc1)NC(=O)[C@@H](NC(=O)O)[C@@H](O)CCc1ccccc1. The minimum atomic E-state index is -1.46. The van der Waals surface area contributed by atoms with E-state index in [-0.39, 0.29) is 12.8 Å². The van der Waals surface area contributed by atoms with Gasteiger partial charge in [-0.3, -0.25) is 9.59 Å². The Balaban J connectivity index is 2.05. The fourth-order valence-electron chi connectivity index (χ4n) is 2.93. The molecule has 0 spiro atoms. The number of hydrogen-bond acceptors (Lipinski definition) is 4. The molecule has 0 unspecified atom stereocenters. The molecular formula is C21H25N3O5. The average Bonchev–Trinajstić information content (AvgIpc) is 2.71. The van der Waals surface area contributed by atoms with Gasteiger partial charge in [-0.2, -0.15) is 0 Å². The fourth-order valence-corrected chi connectivity index (χ4v) is 2.93. The van der Waals surface area contributed by atoms with Crippen LogP contribution in [0.15, 0.2) is 60.7 Å². The van der Waals surface area contributed by atoms with Crippen LogP contribution < -0.4 is 16.4 Å². The largest absolute Gasteiger partial charge is 0.465 e. The van der Waals surface area contributed by atoms with Crippen LogP contribution in [0.4, 0.5) is 4.79 Å². The Labute approximate surface area is 168 Å². The van der Waals surface area contributed by atoms with Crippen molar-refractivity contribution in [2.45, 2.75) is 37.5 Å². The van der Waals surface area contributed by atoms with E-state index in [1.807, 2.05) is 41.7 Å². The molecule has 2 aromatic carbocycles. The number of nitrogens with two attached hydrogens (primary N) is 1. The third kappa shape index (κ3) is 7.27. The molecule has 0 aromatic heterocycles. The van der Waals surface area contributed by atoms with Crippen molar-refractivity contribution in [3.8, 4) is 0 Å². The number of nitrogens with one attached hydrogen (secondary N) is 2. The maximum absolute atomic E-state index is 12.6. The van der Waals surface area contributed by atoms with Crippen molar-refractivity contribution in [2.75, 3.05) is 0 Å². The number of carbonyl (C=O) groups is 3.